The molecule has 8 nitrogen and oxygen atoms in total. The van der Waals surface area contributed by atoms with Gasteiger partial charge in [0.15, 0.2) is 0 Å². The van der Waals surface area contributed by atoms with Crippen LogP contribution in [0.25, 0.3) is 0 Å². The van der Waals surface area contributed by atoms with Crippen molar-refractivity contribution in [3.05, 3.63) is 12.7 Å². The first kappa shape index (κ1) is 16.7. The first-order valence-electron chi connectivity index (χ1n) is 3.09. The van der Waals surface area contributed by atoms with E-state index in [1.54, 1.807) is 0 Å². The van der Waals surface area contributed by atoms with Crippen molar-refractivity contribution in [2.75, 3.05) is 12.8 Å². The summed E-state index contributed by atoms with van der Waals surface area (Å²) >= 11 is 0. The Balaban J connectivity index is 0. The summed E-state index contributed by atoms with van der Waals surface area (Å²) in [6.07, 6.45) is 2.14. The molecule has 15 heavy (non-hydrogen) atoms. The lowest BCUT2D eigenvalue weighted by Gasteiger charge is -1.85. The fourth-order valence-electron chi connectivity index (χ4n) is 0.154. The van der Waals surface area contributed by atoms with Gasteiger partial charge >= 0.3 is 9.33 Å². The maximum Gasteiger partial charge on any atom is 0.421 e. The van der Waals surface area contributed by atoms with Crippen molar-refractivity contribution in [3.8, 4) is 0 Å². The molecule has 0 amide bonds. The highest BCUT2D eigenvalue weighted by Gasteiger charge is 2.01. The molecule has 0 saturated carbocycles. The second kappa shape index (κ2) is 7.56. The second-order valence-corrected chi connectivity index (χ2v) is 5.43. The van der Waals surface area contributed by atoms with E-state index in [0.29, 0.717) is 6.26 Å². The molecular weight excluding hydrogens is 272 g/mol. The molecule has 11 heteroatoms. The normalized spacial score (nSPS) is 11.7. The molecule has 0 saturated heterocycles. The van der Waals surface area contributed by atoms with Gasteiger partial charge in [-0.3, -0.25) is 4.55 Å². The molecule has 0 aliphatic heterocycles. The maximum atomic E-state index is 9.96. The molecule has 0 aromatic heterocycles. The van der Waals surface area contributed by atoms with Crippen molar-refractivity contribution in [3.63, 3.8) is 0 Å². The smallest absolute Gasteiger partial charge is 0.286 e. The third-order valence-electron chi connectivity index (χ3n) is 0.391. The lowest BCUT2D eigenvalue weighted by Crippen LogP contribution is -1.88. The molecule has 1 N–H and O–H groups in total. The second-order valence-electron chi connectivity index (χ2n) is 1.89. The van der Waals surface area contributed by atoms with Gasteiger partial charge in [0.2, 0.25) is 0 Å². The average molecular weight is 281 g/mol. The SMILES string of the molecule is C=CCN=NOS(=O)(=O)Cl.CS(=O)(=O)O. The van der Waals surface area contributed by atoms with E-state index in [-0.39, 0.29) is 6.54 Å². The Bertz CT molecular complexity index is 391. The lowest BCUT2D eigenvalue weighted by atomic mass is 10.7. The third kappa shape index (κ3) is 42.8. The van der Waals surface area contributed by atoms with Crippen molar-refractivity contribution in [2.45, 2.75) is 0 Å². The summed E-state index contributed by atoms with van der Waals surface area (Å²) in [5.74, 6) is 0. The molecule has 0 radical (unpaired) electrons. The van der Waals surface area contributed by atoms with Crippen LogP contribution >= 0.6 is 10.7 Å². The van der Waals surface area contributed by atoms with E-state index < -0.39 is 19.4 Å². The highest BCUT2D eigenvalue weighted by Crippen LogP contribution is 1.98. The molecule has 0 fully saturated rings. The molecule has 0 heterocycles. The van der Waals surface area contributed by atoms with Crippen LogP contribution in [0.1, 0.15) is 0 Å². The fraction of sp³-hybridized carbons (Fsp3) is 0.500. The van der Waals surface area contributed by atoms with Crippen molar-refractivity contribution in [1.82, 2.24) is 0 Å². The zero-order valence-electron chi connectivity index (χ0n) is 7.57. The van der Waals surface area contributed by atoms with Gasteiger partial charge in [-0.25, -0.2) is 4.28 Å². The summed E-state index contributed by atoms with van der Waals surface area (Å²) in [5.41, 5.74) is 0. The van der Waals surface area contributed by atoms with E-state index in [1.807, 2.05) is 0 Å². The van der Waals surface area contributed by atoms with Crippen molar-refractivity contribution in [2.24, 2.45) is 10.4 Å². The predicted molar refractivity (Wildman–Crippen MR) is 53.3 cm³/mol. The molecule has 0 spiro atoms. The minimum atomic E-state index is -4.03. The monoisotopic (exact) mass is 280 g/mol. The Labute approximate surface area is 91.9 Å². The lowest BCUT2D eigenvalue weighted by molar-refractivity contribution is 0.319. The minimum absolute atomic E-state index is 0.187. The van der Waals surface area contributed by atoms with Gasteiger partial charge in [0.25, 0.3) is 10.1 Å². The number of hydrogen-bond donors (Lipinski definition) is 1. The van der Waals surface area contributed by atoms with Crippen LogP contribution in [-0.2, 0) is 23.7 Å². The Morgan fingerprint density at radius 2 is 1.87 bits per heavy atom. The van der Waals surface area contributed by atoms with Crippen molar-refractivity contribution in [1.29, 1.82) is 0 Å². The molecule has 0 aromatic carbocycles. The number of hydrogen-bond acceptors (Lipinski definition) is 7. The van der Waals surface area contributed by atoms with E-state index >= 15 is 0 Å². The topological polar surface area (TPSA) is 122 Å². The Kier molecular flexibility index (Phi) is 8.43. The minimum Gasteiger partial charge on any atom is -0.286 e. The van der Waals surface area contributed by atoms with Crippen LogP contribution in [0.5, 0.6) is 0 Å². The van der Waals surface area contributed by atoms with Crippen LogP contribution in [0.4, 0.5) is 0 Å². The van der Waals surface area contributed by atoms with Crippen LogP contribution < -0.4 is 0 Å². The van der Waals surface area contributed by atoms with E-state index in [2.05, 4.69) is 31.9 Å². The molecule has 0 bridgehead atoms. The number of halogens is 1. The van der Waals surface area contributed by atoms with E-state index in [0.717, 1.165) is 0 Å². The molecule has 0 aliphatic carbocycles. The van der Waals surface area contributed by atoms with Gasteiger partial charge in [-0.05, 0) is 0 Å². The highest BCUT2D eigenvalue weighted by atomic mass is 35.7. The van der Waals surface area contributed by atoms with Gasteiger partial charge < -0.3 is 0 Å². The van der Waals surface area contributed by atoms with Gasteiger partial charge in [0, 0.05) is 5.28 Å². The first-order chi connectivity index (χ1) is 6.56. The molecule has 0 rings (SSSR count). The molecule has 0 aromatic rings. The average Bonchev–Trinajstić information content (AvgIpc) is 1.93. The van der Waals surface area contributed by atoms with Crippen LogP contribution in [0.3, 0.4) is 0 Å². The molecule has 0 unspecified atom stereocenters. The summed E-state index contributed by atoms with van der Waals surface area (Å²) in [6, 6.07) is 0. The molecule has 0 aliphatic rings. The van der Waals surface area contributed by atoms with Gasteiger partial charge in [0.05, 0.1) is 23.5 Å². The summed E-state index contributed by atoms with van der Waals surface area (Å²) in [5, 5.41) is 5.96. The number of nitrogens with zero attached hydrogens (tertiary/aromatic N) is 2. The van der Waals surface area contributed by atoms with Gasteiger partial charge in [-0.2, -0.15) is 16.8 Å². The fourth-order valence-corrected chi connectivity index (χ4v) is 0.357. The van der Waals surface area contributed by atoms with E-state index in [4.69, 9.17) is 4.55 Å². The molecule has 0 atom stereocenters. The van der Waals surface area contributed by atoms with Gasteiger partial charge in [-0.15, -0.1) is 11.7 Å². The van der Waals surface area contributed by atoms with Crippen LogP contribution in [-0.4, -0.2) is 34.2 Å². The van der Waals surface area contributed by atoms with E-state index in [9.17, 15) is 16.8 Å². The Hall–Kier alpha value is -0.710. The Morgan fingerprint density at radius 3 is 2.13 bits per heavy atom. The standard InChI is InChI=1S/C3H5ClN2O3S.CH4O3S/c1-2-3-5-6-9-10(4,7)8;1-5(2,3)4/h2H,1,3H2;1H3,(H,2,3,4). The number of rotatable bonds is 4. The summed E-state index contributed by atoms with van der Waals surface area (Å²) < 4.78 is 49.5. The van der Waals surface area contributed by atoms with Gasteiger partial charge in [0.1, 0.15) is 0 Å². The predicted octanol–water partition coefficient (Wildman–Crippen LogP) is 0.544. The van der Waals surface area contributed by atoms with Crippen LogP contribution in [0.15, 0.2) is 23.0 Å². The zero-order valence-corrected chi connectivity index (χ0v) is 9.96. The van der Waals surface area contributed by atoms with Crippen molar-refractivity contribution >= 4 is 30.1 Å². The van der Waals surface area contributed by atoms with Gasteiger partial charge in [-0.1, -0.05) is 6.08 Å². The largest absolute Gasteiger partial charge is 0.421 e. The summed E-state index contributed by atoms with van der Waals surface area (Å²) in [4.78, 5) is 0. The quantitative estimate of drug-likeness (QED) is 0.264. The van der Waals surface area contributed by atoms with E-state index in [1.165, 1.54) is 6.08 Å². The van der Waals surface area contributed by atoms with Crippen LogP contribution in [0, 0.1) is 0 Å². The summed E-state index contributed by atoms with van der Waals surface area (Å²) in [7, 11) is -3.11. The van der Waals surface area contributed by atoms with Crippen molar-refractivity contribution < 1.29 is 25.7 Å². The molecular formula is C4H9ClN2O6S2. The zero-order chi connectivity index (χ0) is 12.5. The first-order valence-corrected chi connectivity index (χ1v) is 7.18. The molecule has 90 valence electrons. The maximum absolute atomic E-state index is 9.96. The Morgan fingerprint density at radius 1 is 1.47 bits per heavy atom. The highest BCUT2D eigenvalue weighted by molar-refractivity contribution is 8.09. The third-order valence-corrected chi connectivity index (χ3v) is 0.805. The van der Waals surface area contributed by atoms with Crippen LogP contribution in [0.2, 0.25) is 0 Å². The summed E-state index contributed by atoms with van der Waals surface area (Å²) in [6.45, 7) is 3.49.